The second-order valence-corrected chi connectivity index (χ2v) is 7.77. The fraction of sp³-hybridized carbons (Fsp3) is 0.308. The number of nitrogens with zero attached hydrogens (tertiary/aromatic N) is 2. The predicted octanol–water partition coefficient (Wildman–Crippen LogP) is 0.937. The standard InChI is InChI=1S/C13H14N2O4S2/c1-8-4-5-10-11(6-8)20-13(15(10)3)14-12(17)7-21(18,19)9(2)16/h4-6H,7H2,1-3H3. The van der Waals surface area contributed by atoms with Crippen LogP contribution in [0.4, 0.5) is 0 Å². The van der Waals surface area contributed by atoms with Crippen molar-refractivity contribution in [3.05, 3.63) is 28.6 Å². The summed E-state index contributed by atoms with van der Waals surface area (Å²) in [7, 11) is -2.30. The maximum Gasteiger partial charge on any atom is 0.264 e. The molecule has 1 amide bonds. The minimum absolute atomic E-state index is 0.402. The van der Waals surface area contributed by atoms with Crippen LogP contribution in [0.25, 0.3) is 10.2 Å². The summed E-state index contributed by atoms with van der Waals surface area (Å²) >= 11 is 1.30. The molecule has 2 rings (SSSR count). The highest BCUT2D eigenvalue weighted by atomic mass is 32.2. The van der Waals surface area contributed by atoms with Crippen LogP contribution in [0, 0.1) is 6.92 Å². The van der Waals surface area contributed by atoms with Gasteiger partial charge in [-0.15, -0.1) is 0 Å². The summed E-state index contributed by atoms with van der Waals surface area (Å²) in [4.78, 5) is 26.8. The van der Waals surface area contributed by atoms with Crippen LogP contribution in [0.3, 0.4) is 0 Å². The largest absolute Gasteiger partial charge is 0.319 e. The first-order valence-corrected chi connectivity index (χ1v) is 8.54. The van der Waals surface area contributed by atoms with E-state index in [4.69, 9.17) is 0 Å². The summed E-state index contributed by atoms with van der Waals surface area (Å²) in [6.07, 6.45) is 0. The van der Waals surface area contributed by atoms with Crippen LogP contribution in [0.1, 0.15) is 12.5 Å². The van der Waals surface area contributed by atoms with Crippen molar-refractivity contribution in [3.63, 3.8) is 0 Å². The molecule has 0 aliphatic rings. The number of hydrogen-bond acceptors (Lipinski definition) is 5. The van der Waals surface area contributed by atoms with Crippen molar-refractivity contribution in [2.75, 3.05) is 5.75 Å². The molecule has 0 bridgehead atoms. The van der Waals surface area contributed by atoms with E-state index >= 15 is 0 Å². The molecule has 112 valence electrons. The Morgan fingerprint density at radius 2 is 2.00 bits per heavy atom. The molecular weight excluding hydrogens is 312 g/mol. The molecule has 0 atom stereocenters. The molecule has 0 saturated carbocycles. The normalized spacial score (nSPS) is 12.8. The van der Waals surface area contributed by atoms with Gasteiger partial charge >= 0.3 is 0 Å². The third kappa shape index (κ3) is 3.27. The number of aromatic nitrogens is 1. The van der Waals surface area contributed by atoms with Gasteiger partial charge in [0.2, 0.25) is 15.0 Å². The van der Waals surface area contributed by atoms with Gasteiger partial charge in [0, 0.05) is 14.0 Å². The van der Waals surface area contributed by atoms with Crippen LogP contribution in [0.15, 0.2) is 23.2 Å². The number of aryl methyl sites for hydroxylation is 2. The molecule has 1 aromatic heterocycles. The third-order valence-corrected chi connectivity index (χ3v) is 5.53. The Balaban J connectivity index is 2.44. The average molecular weight is 326 g/mol. The first-order chi connectivity index (χ1) is 9.70. The zero-order chi connectivity index (χ0) is 15.8. The first kappa shape index (κ1) is 15.6. The number of thiazole rings is 1. The van der Waals surface area contributed by atoms with Crippen molar-refractivity contribution < 1.29 is 18.0 Å². The van der Waals surface area contributed by atoms with Gasteiger partial charge in [0.1, 0.15) is 5.75 Å². The van der Waals surface area contributed by atoms with E-state index in [1.165, 1.54) is 11.3 Å². The molecule has 6 nitrogen and oxygen atoms in total. The molecule has 0 N–H and O–H groups in total. The number of rotatable bonds is 2. The minimum Gasteiger partial charge on any atom is -0.319 e. The van der Waals surface area contributed by atoms with Gasteiger partial charge in [0.25, 0.3) is 5.91 Å². The van der Waals surface area contributed by atoms with Gasteiger partial charge in [0.15, 0.2) is 4.80 Å². The predicted molar refractivity (Wildman–Crippen MR) is 80.6 cm³/mol. The van der Waals surface area contributed by atoms with Crippen LogP contribution in [0.5, 0.6) is 0 Å². The van der Waals surface area contributed by atoms with E-state index in [-0.39, 0.29) is 0 Å². The van der Waals surface area contributed by atoms with Gasteiger partial charge in [-0.3, -0.25) is 9.59 Å². The molecule has 8 heteroatoms. The van der Waals surface area contributed by atoms with Gasteiger partial charge in [-0.25, -0.2) is 8.42 Å². The molecule has 2 aromatic rings. The minimum atomic E-state index is -4.05. The van der Waals surface area contributed by atoms with E-state index in [1.54, 1.807) is 11.6 Å². The lowest BCUT2D eigenvalue weighted by Crippen LogP contribution is -2.23. The van der Waals surface area contributed by atoms with Crippen molar-refractivity contribution in [2.45, 2.75) is 13.8 Å². The number of amides is 1. The van der Waals surface area contributed by atoms with Crippen LogP contribution >= 0.6 is 11.3 Å². The Kier molecular flexibility index (Phi) is 4.11. The fourth-order valence-corrected chi connectivity index (χ4v) is 3.48. The second kappa shape index (κ2) is 5.53. The molecule has 0 aliphatic heterocycles. The van der Waals surface area contributed by atoms with Gasteiger partial charge < -0.3 is 4.57 Å². The van der Waals surface area contributed by atoms with Crippen molar-refractivity contribution in [3.8, 4) is 0 Å². The summed E-state index contributed by atoms with van der Waals surface area (Å²) < 4.78 is 25.5. The SMILES string of the molecule is CC(=O)S(=O)(=O)CC(=O)N=c1sc2cc(C)ccc2n1C. The van der Waals surface area contributed by atoms with Crippen molar-refractivity contribution >= 4 is 42.4 Å². The van der Waals surface area contributed by atoms with E-state index in [0.29, 0.717) is 4.80 Å². The highest BCUT2D eigenvalue weighted by Crippen LogP contribution is 2.17. The topological polar surface area (TPSA) is 85.6 Å². The summed E-state index contributed by atoms with van der Waals surface area (Å²) in [5.74, 6) is -1.74. The van der Waals surface area contributed by atoms with Gasteiger partial charge in [0.05, 0.1) is 10.2 Å². The van der Waals surface area contributed by atoms with Gasteiger partial charge in [-0.05, 0) is 24.6 Å². The van der Waals surface area contributed by atoms with E-state index in [2.05, 4.69) is 4.99 Å². The van der Waals surface area contributed by atoms with E-state index in [0.717, 1.165) is 22.7 Å². The molecule has 0 saturated heterocycles. The van der Waals surface area contributed by atoms with Crippen LogP contribution in [0.2, 0.25) is 0 Å². The molecular formula is C13H14N2O4S2. The molecule has 0 spiro atoms. The molecule has 21 heavy (non-hydrogen) atoms. The van der Waals surface area contributed by atoms with E-state index < -0.39 is 26.6 Å². The quantitative estimate of drug-likeness (QED) is 0.822. The molecule has 0 aliphatic carbocycles. The van der Waals surface area contributed by atoms with Gasteiger partial charge in [-0.1, -0.05) is 17.4 Å². The second-order valence-electron chi connectivity index (χ2n) is 4.67. The lowest BCUT2D eigenvalue weighted by molar-refractivity contribution is -0.116. The zero-order valence-electron chi connectivity index (χ0n) is 11.8. The first-order valence-electron chi connectivity index (χ1n) is 6.08. The number of benzene rings is 1. The van der Waals surface area contributed by atoms with E-state index in [9.17, 15) is 18.0 Å². The average Bonchev–Trinajstić information content (AvgIpc) is 2.64. The molecule has 0 radical (unpaired) electrons. The number of carbonyl (C=O) groups is 2. The van der Waals surface area contributed by atoms with Crippen molar-refractivity contribution in [1.29, 1.82) is 0 Å². The highest BCUT2D eigenvalue weighted by molar-refractivity contribution is 8.06. The van der Waals surface area contributed by atoms with Gasteiger partial charge in [-0.2, -0.15) is 4.99 Å². The number of sulfone groups is 1. The number of fused-ring (bicyclic) bond motifs is 1. The van der Waals surface area contributed by atoms with Crippen molar-refractivity contribution in [1.82, 2.24) is 4.57 Å². The molecule has 1 heterocycles. The number of carbonyl (C=O) groups excluding carboxylic acids is 2. The maximum absolute atomic E-state index is 11.7. The summed E-state index contributed by atoms with van der Waals surface area (Å²) in [5, 5.41) is -1.03. The number of hydrogen-bond donors (Lipinski definition) is 0. The summed E-state index contributed by atoms with van der Waals surface area (Å²) in [6, 6.07) is 5.83. The fourth-order valence-electron chi connectivity index (χ4n) is 1.75. The smallest absolute Gasteiger partial charge is 0.264 e. The molecule has 0 fully saturated rings. The Bertz CT molecular complexity index is 904. The maximum atomic E-state index is 11.7. The third-order valence-electron chi connectivity index (χ3n) is 2.94. The Labute approximate surface area is 125 Å². The lowest BCUT2D eigenvalue weighted by atomic mass is 10.2. The Morgan fingerprint density at radius 3 is 2.62 bits per heavy atom. The Morgan fingerprint density at radius 1 is 1.33 bits per heavy atom. The zero-order valence-corrected chi connectivity index (χ0v) is 13.4. The van der Waals surface area contributed by atoms with Crippen LogP contribution < -0.4 is 4.80 Å². The van der Waals surface area contributed by atoms with Crippen LogP contribution in [-0.2, 0) is 26.5 Å². The summed E-state index contributed by atoms with van der Waals surface area (Å²) in [6.45, 7) is 2.88. The Hall–Kier alpha value is -1.80. The highest BCUT2D eigenvalue weighted by Gasteiger charge is 2.21. The molecule has 1 aromatic carbocycles. The van der Waals surface area contributed by atoms with Crippen molar-refractivity contribution in [2.24, 2.45) is 12.0 Å². The van der Waals surface area contributed by atoms with Crippen LogP contribution in [-0.4, -0.2) is 29.8 Å². The molecule has 0 unspecified atom stereocenters. The summed E-state index contributed by atoms with van der Waals surface area (Å²) in [5.41, 5.74) is 1.99. The lowest BCUT2D eigenvalue weighted by Gasteiger charge is -1.96. The van der Waals surface area contributed by atoms with E-state index in [1.807, 2.05) is 25.1 Å². The monoisotopic (exact) mass is 326 g/mol.